The molecule has 2 N–H and O–H groups in total. The number of nitrogens with zero attached hydrogens (tertiary/aromatic N) is 3. The van der Waals surface area contributed by atoms with E-state index in [-0.39, 0.29) is 5.41 Å². The lowest BCUT2D eigenvalue weighted by molar-refractivity contribution is 0.342. The van der Waals surface area contributed by atoms with Crippen LogP contribution in [0.4, 0.5) is 5.82 Å². The van der Waals surface area contributed by atoms with Gasteiger partial charge in [-0.3, -0.25) is 0 Å². The van der Waals surface area contributed by atoms with Crippen molar-refractivity contribution in [3.63, 3.8) is 0 Å². The van der Waals surface area contributed by atoms with Gasteiger partial charge in [-0.1, -0.05) is 52.3 Å². The molecule has 0 aliphatic heterocycles. The van der Waals surface area contributed by atoms with Crippen molar-refractivity contribution in [2.45, 2.75) is 53.5 Å². The second-order valence-electron chi connectivity index (χ2n) is 7.49. The number of nitrogens with two attached hydrogens (primary N) is 1. The predicted octanol–water partition coefficient (Wildman–Crippen LogP) is 4.56. The molecule has 0 saturated heterocycles. The van der Waals surface area contributed by atoms with Gasteiger partial charge in [0.25, 0.3) is 0 Å². The number of hydrogen-bond donors (Lipinski definition) is 1. The lowest BCUT2D eigenvalue weighted by atomic mass is 9.96. The summed E-state index contributed by atoms with van der Waals surface area (Å²) in [5.74, 6) is 1.66. The summed E-state index contributed by atoms with van der Waals surface area (Å²) in [5, 5.41) is 1.14. The number of rotatable bonds is 4. The van der Waals surface area contributed by atoms with Crippen LogP contribution in [0.2, 0.25) is 0 Å². The molecule has 0 radical (unpaired) electrons. The largest absolute Gasteiger partial charge is 0.382 e. The van der Waals surface area contributed by atoms with Gasteiger partial charge in [0.05, 0.1) is 11.0 Å². The van der Waals surface area contributed by atoms with E-state index in [1.165, 1.54) is 0 Å². The molecule has 1 aromatic carbocycles. The van der Waals surface area contributed by atoms with Gasteiger partial charge < -0.3 is 10.3 Å². The molecule has 0 aliphatic rings. The number of anilines is 1. The van der Waals surface area contributed by atoms with Crippen molar-refractivity contribution >= 4 is 27.8 Å². The summed E-state index contributed by atoms with van der Waals surface area (Å²) in [4.78, 5) is 9.40. The van der Waals surface area contributed by atoms with E-state index in [1.54, 1.807) is 0 Å². The van der Waals surface area contributed by atoms with Crippen molar-refractivity contribution in [1.82, 2.24) is 14.5 Å². The molecule has 0 aliphatic carbocycles. The Labute approximate surface area is 137 Å². The summed E-state index contributed by atoms with van der Waals surface area (Å²) >= 11 is 0. The van der Waals surface area contributed by atoms with Gasteiger partial charge in [0.15, 0.2) is 5.82 Å². The number of nitrogen functional groups attached to an aromatic ring is 1. The van der Waals surface area contributed by atoms with E-state index < -0.39 is 0 Å². The Morgan fingerprint density at radius 2 is 1.87 bits per heavy atom. The van der Waals surface area contributed by atoms with Crippen LogP contribution in [0.3, 0.4) is 0 Å². The van der Waals surface area contributed by atoms with Gasteiger partial charge in [0.2, 0.25) is 0 Å². The number of aromatic nitrogens is 3. The first-order valence-corrected chi connectivity index (χ1v) is 8.44. The zero-order chi connectivity index (χ0) is 16.6. The van der Waals surface area contributed by atoms with Gasteiger partial charge in [-0.15, -0.1) is 0 Å². The van der Waals surface area contributed by atoms with Gasteiger partial charge in [0, 0.05) is 18.4 Å². The third-order valence-corrected chi connectivity index (χ3v) is 4.08. The molecule has 3 rings (SSSR count). The third-order valence-electron chi connectivity index (χ3n) is 4.08. The predicted molar refractivity (Wildman–Crippen MR) is 97.5 cm³/mol. The van der Waals surface area contributed by atoms with Crippen LogP contribution in [0.15, 0.2) is 24.3 Å². The molecule has 23 heavy (non-hydrogen) atoms. The topological polar surface area (TPSA) is 56.7 Å². The highest BCUT2D eigenvalue weighted by Crippen LogP contribution is 2.31. The fourth-order valence-corrected chi connectivity index (χ4v) is 3.08. The van der Waals surface area contributed by atoms with Crippen molar-refractivity contribution in [2.75, 3.05) is 5.73 Å². The summed E-state index contributed by atoms with van der Waals surface area (Å²) in [6, 6.07) is 8.20. The van der Waals surface area contributed by atoms with Gasteiger partial charge in [-0.05, 0) is 17.9 Å². The van der Waals surface area contributed by atoms with Crippen LogP contribution in [0, 0.1) is 5.41 Å². The van der Waals surface area contributed by atoms with Crippen molar-refractivity contribution in [1.29, 1.82) is 0 Å². The number of aryl methyl sites for hydroxylation is 1. The molecule has 122 valence electrons. The van der Waals surface area contributed by atoms with Gasteiger partial charge in [-0.2, -0.15) is 0 Å². The smallest absolute Gasteiger partial charge is 0.152 e. The molecule has 0 fully saturated rings. The monoisotopic (exact) mass is 310 g/mol. The fraction of sp³-hybridized carbons (Fsp3) is 0.474. The summed E-state index contributed by atoms with van der Waals surface area (Å²) in [6.45, 7) is 9.91. The molecule has 3 aromatic rings. The molecule has 0 bridgehead atoms. The average molecular weight is 310 g/mol. The number of fused-ring (bicyclic) bond motifs is 3. The highest BCUT2D eigenvalue weighted by atomic mass is 15.1. The molecule has 2 heterocycles. The Morgan fingerprint density at radius 3 is 2.57 bits per heavy atom. The quantitative estimate of drug-likeness (QED) is 0.768. The first kappa shape index (κ1) is 15.8. The minimum absolute atomic E-state index is 0.174. The maximum Gasteiger partial charge on any atom is 0.152 e. The van der Waals surface area contributed by atoms with E-state index in [4.69, 9.17) is 10.7 Å². The maximum atomic E-state index is 6.21. The molecular weight excluding hydrogens is 284 g/mol. The van der Waals surface area contributed by atoms with Crippen molar-refractivity contribution in [3.8, 4) is 0 Å². The highest BCUT2D eigenvalue weighted by Gasteiger charge is 2.20. The van der Waals surface area contributed by atoms with E-state index in [2.05, 4.69) is 49.4 Å². The van der Waals surface area contributed by atoms with Gasteiger partial charge in [0.1, 0.15) is 11.3 Å². The van der Waals surface area contributed by atoms with Crippen LogP contribution in [0.5, 0.6) is 0 Å². The van der Waals surface area contributed by atoms with Crippen molar-refractivity contribution in [3.05, 3.63) is 30.1 Å². The normalized spacial score (nSPS) is 12.3. The number of benzene rings is 1. The Hall–Kier alpha value is -2.10. The Bertz CT molecular complexity index is 840. The summed E-state index contributed by atoms with van der Waals surface area (Å²) in [6.07, 6.45) is 3.28. The second-order valence-corrected chi connectivity index (χ2v) is 7.49. The lowest BCUT2D eigenvalue weighted by Gasteiger charge is -2.21. The number of pyridine rings is 1. The molecule has 4 heteroatoms. The average Bonchev–Trinajstić information content (AvgIpc) is 2.83. The van der Waals surface area contributed by atoms with Gasteiger partial charge in [-0.25, -0.2) is 9.97 Å². The highest BCUT2D eigenvalue weighted by molar-refractivity contribution is 6.06. The molecule has 4 nitrogen and oxygen atoms in total. The van der Waals surface area contributed by atoms with Crippen molar-refractivity contribution < 1.29 is 0 Å². The van der Waals surface area contributed by atoms with Crippen LogP contribution in [-0.2, 0) is 13.0 Å². The van der Waals surface area contributed by atoms with Crippen LogP contribution in [-0.4, -0.2) is 14.5 Å². The summed E-state index contributed by atoms with van der Waals surface area (Å²) in [7, 11) is 0. The first-order valence-electron chi connectivity index (χ1n) is 8.44. The van der Waals surface area contributed by atoms with Crippen LogP contribution in [0.25, 0.3) is 21.9 Å². The summed E-state index contributed by atoms with van der Waals surface area (Å²) in [5.41, 5.74) is 9.30. The lowest BCUT2D eigenvalue weighted by Crippen LogP contribution is -2.17. The Kier molecular flexibility index (Phi) is 4.00. The molecular formula is C19H26N4. The van der Waals surface area contributed by atoms with E-state index in [0.29, 0.717) is 5.82 Å². The van der Waals surface area contributed by atoms with E-state index in [1.807, 2.05) is 12.1 Å². The number of unbranched alkanes of at least 4 members (excludes halogenated alkanes) is 1. The van der Waals surface area contributed by atoms with E-state index in [0.717, 1.165) is 53.6 Å². The van der Waals surface area contributed by atoms with E-state index in [9.17, 15) is 0 Å². The van der Waals surface area contributed by atoms with Crippen LogP contribution < -0.4 is 5.73 Å². The Balaban J connectivity index is 2.32. The maximum absolute atomic E-state index is 6.21. The summed E-state index contributed by atoms with van der Waals surface area (Å²) < 4.78 is 2.37. The van der Waals surface area contributed by atoms with Crippen LogP contribution in [0.1, 0.15) is 46.4 Å². The molecule has 0 unspecified atom stereocenters. The zero-order valence-electron chi connectivity index (χ0n) is 14.6. The first-order chi connectivity index (χ1) is 10.9. The standard InChI is InChI=1S/C19H26N4/c1-5-6-11-15-22-16-17(23(15)12-19(2,3)4)13-9-7-8-10-14(13)21-18(16)20/h7-10H,5-6,11-12H2,1-4H3,(H2,20,21). The molecule has 0 amide bonds. The van der Waals surface area contributed by atoms with Gasteiger partial charge >= 0.3 is 0 Å². The van der Waals surface area contributed by atoms with Crippen molar-refractivity contribution in [2.24, 2.45) is 5.41 Å². The Morgan fingerprint density at radius 1 is 1.13 bits per heavy atom. The number of imidazole rings is 1. The fourth-order valence-electron chi connectivity index (χ4n) is 3.08. The number of para-hydroxylation sites is 1. The third kappa shape index (κ3) is 3.03. The van der Waals surface area contributed by atoms with Crippen LogP contribution >= 0.6 is 0 Å². The SMILES string of the molecule is CCCCc1nc2c(N)nc3ccccc3c2n1CC(C)(C)C. The molecule has 2 aromatic heterocycles. The molecule has 0 atom stereocenters. The zero-order valence-corrected chi connectivity index (χ0v) is 14.6. The molecule has 0 saturated carbocycles. The molecule has 0 spiro atoms. The minimum Gasteiger partial charge on any atom is -0.382 e. The second kappa shape index (κ2) is 5.84. The van der Waals surface area contributed by atoms with E-state index >= 15 is 0 Å². The minimum atomic E-state index is 0.174. The number of hydrogen-bond acceptors (Lipinski definition) is 3.